The topological polar surface area (TPSA) is 86.6 Å². The molecule has 13 heavy (non-hydrogen) atoms. The summed E-state index contributed by atoms with van der Waals surface area (Å²) in [7, 11) is 0. The number of hydrogen-bond donors (Lipinski definition) is 3. The van der Waals surface area contributed by atoms with Gasteiger partial charge in [-0.25, -0.2) is 4.79 Å². The van der Waals surface area contributed by atoms with E-state index in [0.29, 0.717) is 19.3 Å². The Bertz CT molecular complexity index is 228. The number of amides is 1. The number of carbonyl (C=O) groups excluding carboxylic acids is 1. The van der Waals surface area contributed by atoms with E-state index in [9.17, 15) is 9.59 Å². The molecule has 0 aromatic rings. The molecule has 0 spiro atoms. The summed E-state index contributed by atoms with van der Waals surface area (Å²) in [6, 6.07) is 0. The predicted molar refractivity (Wildman–Crippen MR) is 44.1 cm³/mol. The van der Waals surface area contributed by atoms with Crippen molar-refractivity contribution in [2.45, 2.75) is 31.2 Å². The molecule has 0 aliphatic carbocycles. The Morgan fingerprint density at radius 3 is 2.69 bits per heavy atom. The number of rotatable bonds is 4. The highest BCUT2D eigenvalue weighted by atomic mass is 16.4. The number of carboxylic acid groups (broad SMARTS) is 1. The lowest BCUT2D eigenvalue weighted by molar-refractivity contribution is -0.145. The van der Waals surface area contributed by atoms with Crippen molar-refractivity contribution in [2.24, 2.45) is 0 Å². The van der Waals surface area contributed by atoms with Crippen molar-refractivity contribution in [3.63, 3.8) is 0 Å². The van der Waals surface area contributed by atoms with E-state index in [-0.39, 0.29) is 18.9 Å². The predicted octanol–water partition coefficient (Wildman–Crippen LogP) is -0.508. The molecule has 0 aromatic heterocycles. The molecule has 0 radical (unpaired) electrons. The van der Waals surface area contributed by atoms with Gasteiger partial charge in [0.1, 0.15) is 5.54 Å². The molecule has 1 aliphatic heterocycles. The molecular formula is C8H13NO4. The van der Waals surface area contributed by atoms with Gasteiger partial charge < -0.3 is 15.5 Å². The van der Waals surface area contributed by atoms with Crippen LogP contribution in [0.3, 0.4) is 0 Å². The molecule has 3 N–H and O–H groups in total. The lowest BCUT2D eigenvalue weighted by Crippen LogP contribution is -2.48. The zero-order valence-corrected chi connectivity index (χ0v) is 7.25. The third-order valence-corrected chi connectivity index (χ3v) is 2.33. The maximum Gasteiger partial charge on any atom is 0.329 e. The van der Waals surface area contributed by atoms with Gasteiger partial charge in [0, 0.05) is 13.0 Å². The van der Waals surface area contributed by atoms with Crippen LogP contribution in [0.25, 0.3) is 0 Å². The number of carbonyl (C=O) groups is 2. The summed E-state index contributed by atoms with van der Waals surface area (Å²) in [4.78, 5) is 21.8. The van der Waals surface area contributed by atoms with Crippen LogP contribution < -0.4 is 5.32 Å². The number of nitrogens with one attached hydrogen (secondary N) is 1. The zero-order chi connectivity index (χ0) is 9.90. The van der Waals surface area contributed by atoms with E-state index in [2.05, 4.69) is 5.32 Å². The van der Waals surface area contributed by atoms with Gasteiger partial charge in [0.15, 0.2) is 0 Å². The second kappa shape index (κ2) is 3.74. The Hall–Kier alpha value is -1.10. The molecule has 5 nitrogen and oxygen atoms in total. The maximum absolute atomic E-state index is 10.9. The smallest absolute Gasteiger partial charge is 0.329 e. The Morgan fingerprint density at radius 1 is 1.62 bits per heavy atom. The molecular weight excluding hydrogens is 174 g/mol. The SMILES string of the molecule is O=C1CCC(CCCO)(C(=O)O)N1. The van der Waals surface area contributed by atoms with Gasteiger partial charge in [-0.3, -0.25) is 4.79 Å². The van der Waals surface area contributed by atoms with E-state index in [1.807, 2.05) is 0 Å². The van der Waals surface area contributed by atoms with Gasteiger partial charge in [0.2, 0.25) is 5.91 Å². The third kappa shape index (κ3) is 1.98. The summed E-state index contributed by atoms with van der Waals surface area (Å²) in [5, 5.41) is 19.9. The zero-order valence-electron chi connectivity index (χ0n) is 7.25. The van der Waals surface area contributed by atoms with E-state index in [4.69, 9.17) is 10.2 Å². The van der Waals surface area contributed by atoms with E-state index >= 15 is 0 Å². The Kier molecular flexibility index (Phi) is 2.87. The molecule has 1 heterocycles. The van der Waals surface area contributed by atoms with Gasteiger partial charge in [0.05, 0.1) is 0 Å². The quantitative estimate of drug-likeness (QED) is 0.553. The van der Waals surface area contributed by atoms with Crippen LogP contribution >= 0.6 is 0 Å². The minimum Gasteiger partial charge on any atom is -0.480 e. The lowest BCUT2D eigenvalue weighted by Gasteiger charge is -2.23. The van der Waals surface area contributed by atoms with Gasteiger partial charge in [-0.2, -0.15) is 0 Å². The molecule has 1 amide bonds. The highest BCUT2D eigenvalue weighted by Gasteiger charge is 2.43. The number of aliphatic hydroxyl groups excluding tert-OH is 1. The molecule has 1 atom stereocenters. The van der Waals surface area contributed by atoms with E-state index in [0.717, 1.165) is 0 Å². The fourth-order valence-electron chi connectivity index (χ4n) is 1.55. The minimum atomic E-state index is -1.13. The summed E-state index contributed by atoms with van der Waals surface area (Å²) in [6.45, 7) is -0.0507. The van der Waals surface area contributed by atoms with Crippen LogP contribution in [-0.2, 0) is 9.59 Å². The van der Waals surface area contributed by atoms with Gasteiger partial charge >= 0.3 is 5.97 Å². The highest BCUT2D eigenvalue weighted by molar-refractivity contribution is 5.90. The molecule has 1 aliphatic rings. The number of aliphatic hydroxyl groups is 1. The van der Waals surface area contributed by atoms with Crippen molar-refractivity contribution in [1.29, 1.82) is 0 Å². The Labute approximate surface area is 75.7 Å². The molecule has 0 bridgehead atoms. The van der Waals surface area contributed by atoms with Crippen LogP contribution in [0, 0.1) is 0 Å². The molecule has 1 rings (SSSR count). The summed E-state index contributed by atoms with van der Waals surface area (Å²) >= 11 is 0. The van der Waals surface area contributed by atoms with E-state index < -0.39 is 11.5 Å². The standard InChI is InChI=1S/C8H13NO4/c10-5-1-3-8(7(12)13)4-2-6(11)9-8/h10H,1-5H2,(H,9,11)(H,12,13). The summed E-state index contributed by atoms with van der Waals surface area (Å²) < 4.78 is 0. The van der Waals surface area contributed by atoms with Crippen molar-refractivity contribution in [1.82, 2.24) is 5.32 Å². The van der Waals surface area contributed by atoms with Crippen LogP contribution in [0.1, 0.15) is 25.7 Å². The maximum atomic E-state index is 10.9. The summed E-state index contributed by atoms with van der Waals surface area (Å²) in [5.74, 6) is -1.23. The molecule has 0 aromatic carbocycles. The number of aliphatic carboxylic acids is 1. The normalized spacial score (nSPS) is 27.3. The van der Waals surface area contributed by atoms with Crippen LogP contribution in [0.15, 0.2) is 0 Å². The van der Waals surface area contributed by atoms with E-state index in [1.165, 1.54) is 0 Å². The first-order valence-corrected chi connectivity index (χ1v) is 4.26. The van der Waals surface area contributed by atoms with Gasteiger partial charge in [-0.05, 0) is 19.3 Å². The molecule has 74 valence electrons. The second-order valence-corrected chi connectivity index (χ2v) is 3.26. The van der Waals surface area contributed by atoms with E-state index in [1.54, 1.807) is 0 Å². The summed E-state index contributed by atoms with van der Waals surface area (Å²) in [6.07, 6.45) is 1.27. The number of hydrogen-bond acceptors (Lipinski definition) is 3. The van der Waals surface area contributed by atoms with Crippen LogP contribution in [0.5, 0.6) is 0 Å². The molecule has 5 heteroatoms. The first kappa shape index (κ1) is 9.98. The van der Waals surface area contributed by atoms with Crippen molar-refractivity contribution in [3.05, 3.63) is 0 Å². The first-order valence-electron chi connectivity index (χ1n) is 4.26. The average molecular weight is 187 g/mol. The molecule has 1 fully saturated rings. The largest absolute Gasteiger partial charge is 0.480 e. The monoisotopic (exact) mass is 187 g/mol. The molecule has 0 saturated carbocycles. The molecule has 1 saturated heterocycles. The van der Waals surface area contributed by atoms with Gasteiger partial charge in [-0.15, -0.1) is 0 Å². The lowest BCUT2D eigenvalue weighted by atomic mass is 9.92. The van der Waals surface area contributed by atoms with Crippen molar-refractivity contribution in [3.8, 4) is 0 Å². The first-order chi connectivity index (χ1) is 6.10. The highest BCUT2D eigenvalue weighted by Crippen LogP contribution is 2.25. The third-order valence-electron chi connectivity index (χ3n) is 2.33. The van der Waals surface area contributed by atoms with Crippen molar-refractivity contribution < 1.29 is 19.8 Å². The van der Waals surface area contributed by atoms with Crippen molar-refractivity contribution >= 4 is 11.9 Å². The van der Waals surface area contributed by atoms with Gasteiger partial charge in [0.25, 0.3) is 0 Å². The Balaban J connectivity index is 2.65. The second-order valence-electron chi connectivity index (χ2n) is 3.26. The fourth-order valence-corrected chi connectivity index (χ4v) is 1.55. The fraction of sp³-hybridized carbons (Fsp3) is 0.750. The summed E-state index contributed by atoms with van der Waals surface area (Å²) in [5.41, 5.74) is -1.13. The van der Waals surface area contributed by atoms with Crippen LogP contribution in [0.2, 0.25) is 0 Å². The Morgan fingerprint density at radius 2 is 2.31 bits per heavy atom. The molecule has 1 unspecified atom stereocenters. The van der Waals surface area contributed by atoms with Gasteiger partial charge in [-0.1, -0.05) is 0 Å². The minimum absolute atomic E-state index is 0.0507. The van der Waals surface area contributed by atoms with Crippen LogP contribution in [-0.4, -0.2) is 34.2 Å². The number of carboxylic acids is 1. The average Bonchev–Trinajstić information content (AvgIpc) is 2.45. The van der Waals surface area contributed by atoms with Crippen LogP contribution in [0.4, 0.5) is 0 Å². The van der Waals surface area contributed by atoms with Crippen molar-refractivity contribution in [2.75, 3.05) is 6.61 Å².